The topological polar surface area (TPSA) is 38.7 Å². The molecule has 0 saturated heterocycles. The molecule has 0 amide bonds. The van der Waals surface area contributed by atoms with Crippen LogP contribution in [0.1, 0.15) is 40.5 Å². The quantitative estimate of drug-likeness (QED) is 0.644. The van der Waals surface area contributed by atoms with E-state index in [9.17, 15) is 0 Å². The van der Waals surface area contributed by atoms with Crippen molar-refractivity contribution >= 4 is 0 Å². The van der Waals surface area contributed by atoms with Gasteiger partial charge in [-0.15, -0.1) is 0 Å². The van der Waals surface area contributed by atoms with Crippen molar-refractivity contribution in [2.24, 2.45) is 0 Å². The van der Waals surface area contributed by atoms with E-state index in [2.05, 4.69) is 6.92 Å². The molecule has 0 radical (unpaired) electrons. The molecule has 1 atom stereocenters. The van der Waals surface area contributed by atoms with Gasteiger partial charge in [-0.1, -0.05) is 13.3 Å². The predicted octanol–water partition coefficient (Wildman–Crippen LogP) is 1.98. The summed E-state index contributed by atoms with van der Waals surface area (Å²) >= 11 is 0. The van der Waals surface area contributed by atoms with Gasteiger partial charge in [0.05, 0.1) is 31.5 Å². The third-order valence-electron chi connectivity index (χ3n) is 1.67. The van der Waals surface area contributed by atoms with Crippen LogP contribution in [-0.2, 0) is 9.47 Å². The molecule has 0 aliphatic heterocycles. The van der Waals surface area contributed by atoms with Crippen molar-refractivity contribution in [2.75, 3.05) is 19.8 Å². The molecule has 1 unspecified atom stereocenters. The van der Waals surface area contributed by atoms with Crippen LogP contribution >= 0.6 is 0 Å². The zero-order valence-electron chi connectivity index (χ0n) is 9.88. The van der Waals surface area contributed by atoms with Crippen molar-refractivity contribution in [1.29, 1.82) is 0 Å². The highest BCUT2D eigenvalue weighted by atomic mass is 16.5. The van der Waals surface area contributed by atoms with E-state index in [0.717, 1.165) is 12.8 Å². The van der Waals surface area contributed by atoms with Crippen molar-refractivity contribution < 1.29 is 14.6 Å². The van der Waals surface area contributed by atoms with Crippen LogP contribution < -0.4 is 0 Å². The van der Waals surface area contributed by atoms with E-state index in [0.29, 0.717) is 13.2 Å². The smallest absolute Gasteiger partial charge is 0.0815 e. The average molecular weight is 204 g/mol. The average Bonchev–Trinajstić information content (AvgIpc) is 2.02. The summed E-state index contributed by atoms with van der Waals surface area (Å²) in [6, 6.07) is 0. The summed E-state index contributed by atoms with van der Waals surface area (Å²) in [5.74, 6) is 0. The molecule has 3 nitrogen and oxygen atoms in total. The number of ether oxygens (including phenoxy) is 2. The third-order valence-corrected chi connectivity index (χ3v) is 1.67. The zero-order valence-corrected chi connectivity index (χ0v) is 9.88. The largest absolute Gasteiger partial charge is 0.394 e. The first-order valence-electron chi connectivity index (χ1n) is 5.36. The van der Waals surface area contributed by atoms with Gasteiger partial charge in [0.15, 0.2) is 0 Å². The fraction of sp³-hybridized carbons (Fsp3) is 1.00. The molecular weight excluding hydrogens is 180 g/mol. The monoisotopic (exact) mass is 204 g/mol. The highest BCUT2D eigenvalue weighted by Gasteiger charge is 2.18. The fourth-order valence-corrected chi connectivity index (χ4v) is 1.28. The van der Waals surface area contributed by atoms with E-state index in [1.54, 1.807) is 0 Å². The summed E-state index contributed by atoms with van der Waals surface area (Å²) in [4.78, 5) is 0. The number of hydrogen-bond donors (Lipinski definition) is 1. The zero-order chi connectivity index (χ0) is 11.0. The van der Waals surface area contributed by atoms with Gasteiger partial charge in [-0.05, 0) is 27.2 Å². The molecule has 0 aromatic heterocycles. The fourth-order valence-electron chi connectivity index (χ4n) is 1.28. The Bertz CT molecular complexity index is 129. The molecule has 14 heavy (non-hydrogen) atoms. The summed E-state index contributed by atoms with van der Waals surface area (Å²) in [5, 5.41) is 8.58. The maximum atomic E-state index is 8.58. The van der Waals surface area contributed by atoms with Crippen LogP contribution in [-0.4, -0.2) is 36.6 Å². The lowest BCUT2D eigenvalue weighted by atomic mass is 10.1. The van der Waals surface area contributed by atoms with Crippen molar-refractivity contribution in [3.8, 4) is 0 Å². The van der Waals surface area contributed by atoms with E-state index in [4.69, 9.17) is 14.6 Å². The Labute approximate surface area is 87.4 Å². The van der Waals surface area contributed by atoms with Crippen LogP contribution in [0.2, 0.25) is 0 Å². The maximum absolute atomic E-state index is 8.58. The van der Waals surface area contributed by atoms with Gasteiger partial charge in [0.2, 0.25) is 0 Å². The molecule has 86 valence electrons. The summed E-state index contributed by atoms with van der Waals surface area (Å²) in [5.41, 5.74) is -0.123. The van der Waals surface area contributed by atoms with Crippen LogP contribution in [0.5, 0.6) is 0 Å². The van der Waals surface area contributed by atoms with Crippen LogP contribution in [0, 0.1) is 0 Å². The molecule has 0 aromatic carbocycles. The van der Waals surface area contributed by atoms with E-state index >= 15 is 0 Å². The van der Waals surface area contributed by atoms with Crippen LogP contribution in [0.25, 0.3) is 0 Å². The van der Waals surface area contributed by atoms with Gasteiger partial charge in [0.25, 0.3) is 0 Å². The van der Waals surface area contributed by atoms with Crippen molar-refractivity contribution in [3.63, 3.8) is 0 Å². The normalized spacial score (nSPS) is 14.4. The summed E-state index contributed by atoms with van der Waals surface area (Å²) in [6.07, 6.45) is 2.23. The Kier molecular flexibility index (Phi) is 7.15. The Balaban J connectivity index is 3.77. The molecule has 0 saturated carbocycles. The van der Waals surface area contributed by atoms with Gasteiger partial charge in [0, 0.05) is 0 Å². The van der Waals surface area contributed by atoms with E-state index in [1.165, 1.54) is 0 Å². The first kappa shape index (κ1) is 13.9. The molecule has 0 heterocycles. The Morgan fingerprint density at radius 1 is 1.29 bits per heavy atom. The van der Waals surface area contributed by atoms with Crippen molar-refractivity contribution in [1.82, 2.24) is 0 Å². The first-order valence-corrected chi connectivity index (χ1v) is 5.36. The number of hydrogen-bond acceptors (Lipinski definition) is 3. The van der Waals surface area contributed by atoms with Gasteiger partial charge >= 0.3 is 0 Å². The second-order valence-electron chi connectivity index (χ2n) is 4.44. The van der Waals surface area contributed by atoms with Gasteiger partial charge in [-0.2, -0.15) is 0 Å². The Morgan fingerprint density at radius 3 is 2.36 bits per heavy atom. The molecule has 0 aromatic rings. The lowest BCUT2D eigenvalue weighted by Crippen LogP contribution is -2.31. The standard InChI is InChI=1S/C11H24O3/c1-5-6-10(9-13-8-7-12)14-11(2,3)4/h10,12H,5-9H2,1-4H3. The molecule has 0 aliphatic carbocycles. The third kappa shape index (κ3) is 8.48. The van der Waals surface area contributed by atoms with Crippen LogP contribution in [0.4, 0.5) is 0 Å². The minimum atomic E-state index is -0.123. The molecule has 1 N–H and O–H groups in total. The molecule has 0 bridgehead atoms. The minimum Gasteiger partial charge on any atom is -0.394 e. The first-order chi connectivity index (χ1) is 6.49. The molecule has 0 spiro atoms. The summed E-state index contributed by atoms with van der Waals surface area (Å²) in [7, 11) is 0. The summed E-state index contributed by atoms with van der Waals surface area (Å²) in [6.45, 7) is 9.31. The Morgan fingerprint density at radius 2 is 1.93 bits per heavy atom. The van der Waals surface area contributed by atoms with E-state index < -0.39 is 0 Å². The van der Waals surface area contributed by atoms with Gasteiger partial charge in [-0.3, -0.25) is 0 Å². The molecule has 0 fully saturated rings. The molecule has 3 heteroatoms. The minimum absolute atomic E-state index is 0.0777. The Hall–Kier alpha value is -0.120. The number of rotatable bonds is 7. The van der Waals surface area contributed by atoms with Gasteiger partial charge in [0.1, 0.15) is 0 Å². The van der Waals surface area contributed by atoms with E-state index in [1.807, 2.05) is 20.8 Å². The van der Waals surface area contributed by atoms with Crippen molar-refractivity contribution in [3.05, 3.63) is 0 Å². The van der Waals surface area contributed by atoms with Crippen molar-refractivity contribution in [2.45, 2.75) is 52.2 Å². The maximum Gasteiger partial charge on any atom is 0.0815 e. The van der Waals surface area contributed by atoms with Crippen LogP contribution in [0.15, 0.2) is 0 Å². The second-order valence-corrected chi connectivity index (χ2v) is 4.44. The summed E-state index contributed by atoms with van der Waals surface area (Å²) < 4.78 is 11.1. The lowest BCUT2D eigenvalue weighted by molar-refractivity contribution is -0.0974. The lowest BCUT2D eigenvalue weighted by Gasteiger charge is -2.27. The van der Waals surface area contributed by atoms with E-state index in [-0.39, 0.29) is 18.3 Å². The van der Waals surface area contributed by atoms with Gasteiger partial charge in [-0.25, -0.2) is 0 Å². The highest BCUT2D eigenvalue weighted by Crippen LogP contribution is 2.14. The number of aliphatic hydroxyl groups excluding tert-OH is 1. The second kappa shape index (κ2) is 7.21. The molecule has 0 rings (SSSR count). The predicted molar refractivity (Wildman–Crippen MR) is 57.4 cm³/mol. The van der Waals surface area contributed by atoms with Crippen LogP contribution in [0.3, 0.4) is 0 Å². The molecular formula is C11H24O3. The SMILES string of the molecule is CCCC(COCCO)OC(C)(C)C. The molecule has 0 aliphatic rings. The van der Waals surface area contributed by atoms with Gasteiger partial charge < -0.3 is 14.6 Å². The highest BCUT2D eigenvalue weighted by molar-refractivity contribution is 4.65. The number of aliphatic hydroxyl groups is 1.